The van der Waals surface area contributed by atoms with Crippen molar-refractivity contribution >= 4 is 0 Å². The van der Waals surface area contributed by atoms with Gasteiger partial charge in [0.1, 0.15) is 11.9 Å². The van der Waals surface area contributed by atoms with E-state index in [0.717, 1.165) is 0 Å². The standard InChI is InChI=1S/C3H4O2/c4-2-1-3(2)5/h1-2,4-5H. The molecular formula is C3H4O2. The van der Waals surface area contributed by atoms with Crippen LogP contribution in [0.1, 0.15) is 0 Å². The minimum atomic E-state index is -0.602. The first-order valence-corrected chi connectivity index (χ1v) is 1.39. The number of aliphatic hydroxyl groups excluding tert-OH is 2. The molecule has 0 spiro atoms. The minimum absolute atomic E-state index is 0.102. The van der Waals surface area contributed by atoms with E-state index in [1.54, 1.807) is 0 Å². The minimum Gasteiger partial charge on any atom is -0.509 e. The molecule has 5 heavy (non-hydrogen) atoms. The normalized spacial score (nSPS) is 33.0. The van der Waals surface area contributed by atoms with Gasteiger partial charge in [-0.1, -0.05) is 0 Å². The van der Waals surface area contributed by atoms with Crippen LogP contribution in [-0.4, -0.2) is 16.3 Å². The topological polar surface area (TPSA) is 40.5 Å². The summed E-state index contributed by atoms with van der Waals surface area (Å²) < 4.78 is 0. The maximum Gasteiger partial charge on any atom is 0.132 e. The molecular weight excluding hydrogens is 68.0 g/mol. The molecule has 2 nitrogen and oxygen atoms in total. The lowest BCUT2D eigenvalue weighted by molar-refractivity contribution is 0.247. The average Bonchev–Trinajstić information content (AvgIpc) is 1.79. The molecule has 0 aromatic rings. The Hall–Kier alpha value is -0.500. The van der Waals surface area contributed by atoms with Crippen molar-refractivity contribution < 1.29 is 10.2 Å². The lowest BCUT2D eigenvalue weighted by Gasteiger charge is -1.70. The fraction of sp³-hybridized carbons (Fsp3) is 0.333. The van der Waals surface area contributed by atoms with Crippen molar-refractivity contribution in [3.63, 3.8) is 0 Å². The van der Waals surface area contributed by atoms with Crippen LogP contribution in [0.2, 0.25) is 0 Å². The van der Waals surface area contributed by atoms with Gasteiger partial charge in [0.2, 0.25) is 0 Å². The van der Waals surface area contributed by atoms with Crippen LogP contribution >= 0.6 is 0 Å². The van der Waals surface area contributed by atoms with E-state index in [9.17, 15) is 0 Å². The molecule has 0 aliphatic heterocycles. The zero-order valence-electron chi connectivity index (χ0n) is 2.55. The quantitative estimate of drug-likeness (QED) is 0.416. The van der Waals surface area contributed by atoms with Crippen molar-refractivity contribution in [2.24, 2.45) is 0 Å². The van der Waals surface area contributed by atoms with Crippen LogP contribution < -0.4 is 0 Å². The number of rotatable bonds is 0. The van der Waals surface area contributed by atoms with Gasteiger partial charge in [-0.2, -0.15) is 0 Å². The van der Waals surface area contributed by atoms with Crippen molar-refractivity contribution in [1.29, 1.82) is 0 Å². The first-order valence-electron chi connectivity index (χ1n) is 1.39. The van der Waals surface area contributed by atoms with Gasteiger partial charge >= 0.3 is 0 Å². The van der Waals surface area contributed by atoms with Gasteiger partial charge in [-0.3, -0.25) is 0 Å². The van der Waals surface area contributed by atoms with Crippen molar-refractivity contribution in [2.45, 2.75) is 6.10 Å². The van der Waals surface area contributed by atoms with E-state index in [1.807, 2.05) is 0 Å². The van der Waals surface area contributed by atoms with Gasteiger partial charge in [-0.25, -0.2) is 0 Å². The molecule has 0 amide bonds. The molecule has 1 atom stereocenters. The summed E-state index contributed by atoms with van der Waals surface area (Å²) in [6.07, 6.45) is 0.759. The third kappa shape index (κ3) is 0.260. The molecule has 0 radical (unpaired) electrons. The Labute approximate surface area is 29.4 Å². The molecule has 0 fully saturated rings. The maximum atomic E-state index is 8.09. The summed E-state index contributed by atoms with van der Waals surface area (Å²) in [4.78, 5) is 0. The summed E-state index contributed by atoms with van der Waals surface area (Å²) in [5.74, 6) is 0.102. The highest BCUT2D eigenvalue weighted by atomic mass is 16.3. The Kier molecular flexibility index (Phi) is 0.282. The van der Waals surface area contributed by atoms with Gasteiger partial charge in [0, 0.05) is 0 Å². The fourth-order valence-corrected chi connectivity index (χ4v) is 0.114. The summed E-state index contributed by atoms with van der Waals surface area (Å²) in [6.45, 7) is 0. The molecule has 1 aliphatic rings. The summed E-state index contributed by atoms with van der Waals surface area (Å²) in [5.41, 5.74) is 0. The third-order valence-corrected chi connectivity index (χ3v) is 0.523. The van der Waals surface area contributed by atoms with E-state index in [1.165, 1.54) is 6.08 Å². The van der Waals surface area contributed by atoms with Gasteiger partial charge in [0.05, 0.1) is 0 Å². The molecule has 0 heterocycles. The molecule has 2 heteroatoms. The summed E-state index contributed by atoms with van der Waals surface area (Å²) in [7, 11) is 0. The van der Waals surface area contributed by atoms with E-state index in [0.29, 0.717) is 0 Å². The third-order valence-electron chi connectivity index (χ3n) is 0.523. The Morgan fingerprint density at radius 1 is 1.80 bits per heavy atom. The van der Waals surface area contributed by atoms with Gasteiger partial charge in [0.25, 0.3) is 0 Å². The Bertz CT molecular complexity index is 75.0. The monoisotopic (exact) mass is 72.0 g/mol. The molecule has 2 N–H and O–H groups in total. The number of hydrogen-bond acceptors (Lipinski definition) is 2. The Balaban J connectivity index is 2.38. The maximum absolute atomic E-state index is 8.09. The lowest BCUT2D eigenvalue weighted by atomic mass is 10.7. The highest BCUT2D eigenvalue weighted by molar-refractivity contribution is 5.22. The highest BCUT2D eigenvalue weighted by Gasteiger charge is 2.18. The second kappa shape index (κ2) is 0.518. The summed E-state index contributed by atoms with van der Waals surface area (Å²) in [6, 6.07) is 0. The van der Waals surface area contributed by atoms with Crippen LogP contribution in [0.25, 0.3) is 0 Å². The molecule has 0 saturated heterocycles. The second-order valence-electron chi connectivity index (χ2n) is 1.04. The smallest absolute Gasteiger partial charge is 0.132 e. The molecule has 28 valence electrons. The molecule has 0 saturated carbocycles. The first-order chi connectivity index (χ1) is 2.30. The van der Waals surface area contributed by atoms with Crippen LogP contribution in [0, 0.1) is 0 Å². The largest absolute Gasteiger partial charge is 0.509 e. The van der Waals surface area contributed by atoms with Gasteiger partial charge in [-0.05, 0) is 6.08 Å². The van der Waals surface area contributed by atoms with Crippen molar-refractivity contribution in [3.8, 4) is 0 Å². The van der Waals surface area contributed by atoms with Gasteiger partial charge < -0.3 is 10.2 Å². The summed E-state index contributed by atoms with van der Waals surface area (Å²) in [5, 5.41) is 16.1. The number of aliphatic hydroxyl groups is 2. The van der Waals surface area contributed by atoms with Crippen LogP contribution in [0.15, 0.2) is 11.8 Å². The fourth-order valence-electron chi connectivity index (χ4n) is 0.114. The predicted molar refractivity (Wildman–Crippen MR) is 16.7 cm³/mol. The first kappa shape index (κ1) is 2.72. The van der Waals surface area contributed by atoms with Crippen molar-refractivity contribution in [1.82, 2.24) is 0 Å². The molecule has 1 unspecified atom stereocenters. The van der Waals surface area contributed by atoms with Gasteiger partial charge in [0.15, 0.2) is 0 Å². The SMILES string of the molecule is OC1=CC1O. The van der Waals surface area contributed by atoms with E-state index < -0.39 is 6.10 Å². The van der Waals surface area contributed by atoms with Gasteiger partial charge in [-0.15, -0.1) is 0 Å². The Morgan fingerprint density at radius 3 is 2.00 bits per heavy atom. The zero-order valence-corrected chi connectivity index (χ0v) is 2.55. The van der Waals surface area contributed by atoms with E-state index in [2.05, 4.69) is 0 Å². The molecule has 1 aliphatic carbocycles. The van der Waals surface area contributed by atoms with E-state index in [4.69, 9.17) is 10.2 Å². The molecule has 0 aromatic carbocycles. The predicted octanol–water partition coefficient (Wildman–Crippen LogP) is -0.197. The van der Waals surface area contributed by atoms with E-state index >= 15 is 0 Å². The van der Waals surface area contributed by atoms with Crippen LogP contribution in [0.5, 0.6) is 0 Å². The number of hydrogen-bond donors (Lipinski definition) is 2. The van der Waals surface area contributed by atoms with Crippen molar-refractivity contribution in [3.05, 3.63) is 11.8 Å². The summed E-state index contributed by atoms with van der Waals surface area (Å²) >= 11 is 0. The second-order valence-corrected chi connectivity index (χ2v) is 1.04. The van der Waals surface area contributed by atoms with Crippen LogP contribution in [-0.2, 0) is 0 Å². The Morgan fingerprint density at radius 2 is 2.00 bits per heavy atom. The van der Waals surface area contributed by atoms with E-state index in [-0.39, 0.29) is 5.76 Å². The zero-order chi connectivity index (χ0) is 3.86. The molecule has 1 rings (SSSR count). The van der Waals surface area contributed by atoms with Crippen LogP contribution in [0.4, 0.5) is 0 Å². The van der Waals surface area contributed by atoms with Crippen LogP contribution in [0.3, 0.4) is 0 Å². The highest BCUT2D eigenvalue weighted by Crippen LogP contribution is 2.13. The lowest BCUT2D eigenvalue weighted by Crippen LogP contribution is -1.79. The average molecular weight is 72.1 g/mol. The van der Waals surface area contributed by atoms with Crippen molar-refractivity contribution in [2.75, 3.05) is 0 Å². The molecule has 0 bridgehead atoms. The molecule has 0 aromatic heterocycles.